The standard InChI is InChI=1S/C19H18N2O/c1-4-7-19-20-13(2)16-12-14(10-11-17(16)21-19)15-8-5-6-9-18(15)22-3/h2,5-6,8-12H,4,7H2,1,3H3. The number of methoxy groups -OCH3 is 1. The predicted molar refractivity (Wildman–Crippen MR) is 88.9 cm³/mol. The Morgan fingerprint density at radius 1 is 1.09 bits per heavy atom. The highest BCUT2D eigenvalue weighted by Gasteiger charge is 2.09. The van der Waals surface area contributed by atoms with Crippen LogP contribution in [0.5, 0.6) is 5.75 Å². The van der Waals surface area contributed by atoms with Gasteiger partial charge in [0.25, 0.3) is 0 Å². The molecular weight excluding hydrogens is 272 g/mol. The Morgan fingerprint density at radius 3 is 2.68 bits per heavy atom. The van der Waals surface area contributed by atoms with Crippen LogP contribution in [0.1, 0.15) is 24.9 Å². The third kappa shape index (κ3) is 2.67. The Bertz CT molecular complexity index is 812. The molecule has 1 aromatic heterocycles. The molecule has 0 aliphatic heterocycles. The van der Waals surface area contributed by atoms with Gasteiger partial charge >= 0.3 is 0 Å². The van der Waals surface area contributed by atoms with E-state index in [0.717, 1.165) is 46.4 Å². The van der Waals surface area contributed by atoms with E-state index in [1.165, 1.54) is 0 Å². The number of benzene rings is 2. The summed E-state index contributed by atoms with van der Waals surface area (Å²) in [7, 11) is 1.67. The number of rotatable bonds is 4. The van der Waals surface area contributed by atoms with Crippen molar-refractivity contribution in [2.75, 3.05) is 7.11 Å². The van der Waals surface area contributed by atoms with Gasteiger partial charge in [0.2, 0.25) is 0 Å². The Labute approximate surface area is 131 Å². The van der Waals surface area contributed by atoms with E-state index in [-0.39, 0.29) is 0 Å². The zero-order chi connectivity index (χ0) is 15.5. The van der Waals surface area contributed by atoms with Crippen molar-refractivity contribution < 1.29 is 4.74 Å². The lowest BCUT2D eigenvalue weighted by Crippen LogP contribution is -1.98. The lowest BCUT2D eigenvalue weighted by atomic mass is 10.0. The molecular formula is C19H18N2O. The first kappa shape index (κ1) is 14.5. The smallest absolute Gasteiger partial charge is 0.129 e. The number of nitrogens with zero attached hydrogens (tertiary/aromatic N) is 2. The van der Waals surface area contributed by atoms with Crippen LogP contribution in [0.25, 0.3) is 22.0 Å². The molecule has 0 unspecified atom stereocenters. The van der Waals surface area contributed by atoms with E-state index in [2.05, 4.69) is 16.9 Å². The molecule has 0 amide bonds. The maximum atomic E-state index is 6.12. The Kier molecular flexibility index (Phi) is 4.05. The molecule has 0 bridgehead atoms. The molecule has 22 heavy (non-hydrogen) atoms. The summed E-state index contributed by atoms with van der Waals surface area (Å²) < 4.78 is 5.43. The molecule has 3 aromatic rings. The van der Waals surface area contributed by atoms with Crippen LogP contribution in [-0.4, -0.2) is 17.1 Å². The molecule has 0 aliphatic carbocycles. The minimum atomic E-state index is 0.533. The van der Waals surface area contributed by atoms with Crippen molar-refractivity contribution in [3.63, 3.8) is 0 Å². The first-order chi connectivity index (χ1) is 10.7. The lowest BCUT2D eigenvalue weighted by Gasteiger charge is -2.10. The van der Waals surface area contributed by atoms with Crippen LogP contribution in [0.4, 0.5) is 0 Å². The van der Waals surface area contributed by atoms with Gasteiger partial charge in [0.05, 0.1) is 18.3 Å². The second-order valence-corrected chi connectivity index (χ2v) is 5.21. The average Bonchev–Trinajstić information content (AvgIpc) is 2.55. The molecule has 0 N–H and O–H groups in total. The Hall–Kier alpha value is -2.42. The number of hydrogen-bond donors (Lipinski definition) is 0. The second kappa shape index (κ2) is 6.14. The monoisotopic (exact) mass is 290 g/mol. The summed E-state index contributed by atoms with van der Waals surface area (Å²) in [5.74, 6) is 1.64. The minimum absolute atomic E-state index is 0.533. The maximum Gasteiger partial charge on any atom is 0.129 e. The summed E-state index contributed by atoms with van der Waals surface area (Å²) in [5.41, 5.74) is 3.49. The van der Waals surface area contributed by atoms with E-state index in [1.807, 2.05) is 42.5 Å². The normalized spacial score (nSPS) is 10.9. The molecule has 0 aliphatic rings. The Morgan fingerprint density at radius 2 is 1.91 bits per heavy atom. The van der Waals surface area contributed by atoms with Crippen molar-refractivity contribution in [2.24, 2.45) is 0 Å². The number of aryl methyl sites for hydroxylation is 1. The second-order valence-electron chi connectivity index (χ2n) is 5.21. The third-order valence-electron chi connectivity index (χ3n) is 3.66. The number of aromatic nitrogens is 2. The molecule has 1 heterocycles. The van der Waals surface area contributed by atoms with Gasteiger partial charge in [0.15, 0.2) is 0 Å². The van der Waals surface area contributed by atoms with Crippen LogP contribution in [0.2, 0.25) is 0 Å². The van der Waals surface area contributed by atoms with Crippen LogP contribution in [0, 0.1) is 6.92 Å². The molecule has 3 nitrogen and oxygen atoms in total. The van der Waals surface area contributed by atoms with E-state index < -0.39 is 0 Å². The summed E-state index contributed by atoms with van der Waals surface area (Å²) in [6, 6.07) is 14.0. The highest BCUT2D eigenvalue weighted by molar-refractivity contribution is 5.87. The van der Waals surface area contributed by atoms with Gasteiger partial charge in [-0.1, -0.05) is 31.2 Å². The summed E-state index contributed by atoms with van der Waals surface area (Å²) in [6.07, 6.45) is 1.85. The van der Waals surface area contributed by atoms with Crippen molar-refractivity contribution in [1.82, 2.24) is 9.97 Å². The number of para-hydroxylation sites is 1. The molecule has 0 atom stereocenters. The molecule has 0 fully saturated rings. The summed E-state index contributed by atoms with van der Waals surface area (Å²) in [4.78, 5) is 8.98. The van der Waals surface area contributed by atoms with E-state index in [0.29, 0.717) is 5.69 Å². The zero-order valence-electron chi connectivity index (χ0n) is 12.8. The van der Waals surface area contributed by atoms with Gasteiger partial charge in [-0.3, -0.25) is 0 Å². The van der Waals surface area contributed by atoms with Crippen LogP contribution in [-0.2, 0) is 6.42 Å². The fourth-order valence-corrected chi connectivity index (χ4v) is 2.59. The van der Waals surface area contributed by atoms with Gasteiger partial charge in [-0.15, -0.1) is 0 Å². The quantitative estimate of drug-likeness (QED) is 0.718. The van der Waals surface area contributed by atoms with Crippen LogP contribution < -0.4 is 4.74 Å². The fourth-order valence-electron chi connectivity index (χ4n) is 2.59. The van der Waals surface area contributed by atoms with Gasteiger partial charge < -0.3 is 4.74 Å². The highest BCUT2D eigenvalue weighted by Crippen LogP contribution is 2.31. The van der Waals surface area contributed by atoms with Gasteiger partial charge in [0, 0.05) is 24.3 Å². The summed E-state index contributed by atoms with van der Waals surface area (Å²) >= 11 is 0. The van der Waals surface area contributed by atoms with Crippen molar-refractivity contribution in [3.8, 4) is 16.9 Å². The molecule has 0 saturated carbocycles. The molecule has 2 aromatic carbocycles. The van der Waals surface area contributed by atoms with Crippen molar-refractivity contribution in [1.29, 1.82) is 0 Å². The molecule has 0 saturated heterocycles. The summed E-state index contributed by atoms with van der Waals surface area (Å²) in [6.45, 7) is 8.23. The maximum absolute atomic E-state index is 6.12. The number of ether oxygens (including phenoxy) is 1. The first-order valence-electron chi connectivity index (χ1n) is 7.42. The van der Waals surface area contributed by atoms with E-state index in [4.69, 9.17) is 11.7 Å². The van der Waals surface area contributed by atoms with E-state index in [1.54, 1.807) is 7.11 Å². The molecule has 0 spiro atoms. The highest BCUT2D eigenvalue weighted by atomic mass is 16.5. The van der Waals surface area contributed by atoms with Crippen molar-refractivity contribution in [2.45, 2.75) is 19.8 Å². The zero-order valence-corrected chi connectivity index (χ0v) is 12.8. The lowest BCUT2D eigenvalue weighted by molar-refractivity contribution is 0.416. The van der Waals surface area contributed by atoms with Crippen LogP contribution in [0.15, 0.2) is 42.5 Å². The Balaban J connectivity index is 2.14. The third-order valence-corrected chi connectivity index (χ3v) is 3.66. The molecule has 3 heteroatoms. The average molecular weight is 290 g/mol. The minimum Gasteiger partial charge on any atom is -0.496 e. The van der Waals surface area contributed by atoms with Gasteiger partial charge in [-0.2, -0.15) is 0 Å². The SMILES string of the molecule is [CH]c1nc(CCC)nc2ccc(-c3ccccc3OC)cc12. The molecule has 3 rings (SSSR count). The van der Waals surface area contributed by atoms with Gasteiger partial charge in [0.1, 0.15) is 11.6 Å². The number of fused-ring (bicyclic) bond motifs is 1. The molecule has 110 valence electrons. The van der Waals surface area contributed by atoms with Gasteiger partial charge in [-0.25, -0.2) is 9.97 Å². The largest absolute Gasteiger partial charge is 0.496 e. The molecule has 2 radical (unpaired) electrons. The van der Waals surface area contributed by atoms with E-state index >= 15 is 0 Å². The fraction of sp³-hybridized carbons (Fsp3) is 0.211. The van der Waals surface area contributed by atoms with E-state index in [9.17, 15) is 0 Å². The van der Waals surface area contributed by atoms with Gasteiger partial charge in [-0.05, 0) is 30.2 Å². The summed E-state index contributed by atoms with van der Waals surface area (Å²) in [5, 5.41) is 0.878. The first-order valence-corrected chi connectivity index (χ1v) is 7.42. The topological polar surface area (TPSA) is 35.0 Å². The van der Waals surface area contributed by atoms with Crippen molar-refractivity contribution >= 4 is 10.9 Å². The number of hydrogen-bond acceptors (Lipinski definition) is 3. The predicted octanol–water partition coefficient (Wildman–Crippen LogP) is 4.32. The van der Waals surface area contributed by atoms with Crippen molar-refractivity contribution in [3.05, 3.63) is 60.9 Å². The van der Waals surface area contributed by atoms with Crippen LogP contribution >= 0.6 is 0 Å². The van der Waals surface area contributed by atoms with Crippen LogP contribution in [0.3, 0.4) is 0 Å².